The number of hydrogen-bond donors (Lipinski definition) is 0. The molecule has 0 N–H and O–H groups in total. The predicted octanol–water partition coefficient (Wildman–Crippen LogP) is 9.17. The highest BCUT2D eigenvalue weighted by atomic mass is 35.5. The number of halogens is 2. The summed E-state index contributed by atoms with van der Waals surface area (Å²) in [7, 11) is 0. The van der Waals surface area contributed by atoms with Crippen molar-refractivity contribution in [2.75, 3.05) is 13.2 Å². The van der Waals surface area contributed by atoms with Crippen LogP contribution in [0.5, 0.6) is 11.5 Å². The van der Waals surface area contributed by atoms with Crippen LogP contribution in [0.2, 0.25) is 10.0 Å². The number of carbonyl (C=O) groups is 2. The molecule has 0 radical (unpaired) electrons. The Morgan fingerprint density at radius 1 is 0.644 bits per heavy atom. The van der Waals surface area contributed by atoms with E-state index in [1.54, 1.807) is 50.2 Å². The summed E-state index contributed by atoms with van der Waals surface area (Å²) < 4.78 is 16.9. The zero-order valence-corrected chi connectivity index (χ0v) is 25.9. The standard InChI is InChI=1S/C36H26Cl2N2O5/c1-3-43-35(41)33-27(17-21-9-5-7-11-29(21)37)25-19-23(13-15-31(25)39-33)45-24-14-16-32-26(20-24)28(34(40-32)36(42)44-4-2)18-22-10-6-8-12-30(22)38/h5-20H,3-4H2,1-2H3. The van der Waals surface area contributed by atoms with E-state index >= 15 is 0 Å². The Hall–Kier alpha value is -4.98. The first-order valence-electron chi connectivity index (χ1n) is 14.3. The average molecular weight is 638 g/mol. The van der Waals surface area contributed by atoms with Crippen molar-refractivity contribution >= 4 is 81.2 Å². The summed E-state index contributed by atoms with van der Waals surface area (Å²) >= 11 is 12.9. The summed E-state index contributed by atoms with van der Waals surface area (Å²) in [5, 5.41) is 1.08. The van der Waals surface area contributed by atoms with Crippen LogP contribution in [0.1, 0.15) is 36.1 Å². The van der Waals surface area contributed by atoms with E-state index < -0.39 is 11.9 Å². The fourth-order valence-electron chi connectivity index (χ4n) is 5.03. The second-order valence-electron chi connectivity index (χ2n) is 9.98. The van der Waals surface area contributed by atoms with E-state index in [2.05, 4.69) is 9.98 Å². The molecule has 0 unspecified atom stereocenters. The lowest BCUT2D eigenvalue weighted by atomic mass is 9.99. The van der Waals surface area contributed by atoms with Gasteiger partial charge in [0.25, 0.3) is 0 Å². The van der Waals surface area contributed by atoms with Crippen LogP contribution in [0.15, 0.2) is 94.9 Å². The van der Waals surface area contributed by atoms with E-state index in [9.17, 15) is 9.59 Å². The van der Waals surface area contributed by atoms with Gasteiger partial charge in [-0.1, -0.05) is 59.6 Å². The van der Waals surface area contributed by atoms with Gasteiger partial charge in [-0.3, -0.25) is 0 Å². The number of esters is 2. The summed E-state index contributed by atoms with van der Waals surface area (Å²) in [6, 6.07) is 25.5. The molecule has 7 nitrogen and oxygen atoms in total. The summed E-state index contributed by atoms with van der Waals surface area (Å²) in [5.74, 6) is -0.0212. The first-order chi connectivity index (χ1) is 21.9. The topological polar surface area (TPSA) is 86.6 Å². The van der Waals surface area contributed by atoms with Crippen molar-refractivity contribution in [3.8, 4) is 11.5 Å². The Bertz CT molecular complexity index is 1830. The van der Waals surface area contributed by atoms with Gasteiger partial charge in [-0.05, 0) is 85.7 Å². The number of benzene rings is 4. The first-order valence-corrected chi connectivity index (χ1v) is 15.0. The number of rotatable bonds is 8. The molecule has 0 amide bonds. The molecular formula is C36H26Cl2N2O5. The van der Waals surface area contributed by atoms with Crippen molar-refractivity contribution in [3.05, 3.63) is 117 Å². The lowest BCUT2D eigenvalue weighted by Gasteiger charge is -2.11. The third-order valence-corrected chi connectivity index (χ3v) is 7.76. The number of ether oxygens (including phenoxy) is 3. The summed E-state index contributed by atoms with van der Waals surface area (Å²) in [6.07, 6.45) is 3.65. The number of hydrogen-bond acceptors (Lipinski definition) is 7. The largest absolute Gasteiger partial charge is 0.461 e. The molecule has 2 heterocycles. The molecule has 0 saturated heterocycles. The second-order valence-corrected chi connectivity index (χ2v) is 10.8. The van der Waals surface area contributed by atoms with E-state index in [-0.39, 0.29) is 24.6 Å². The van der Waals surface area contributed by atoms with Crippen molar-refractivity contribution in [2.24, 2.45) is 9.98 Å². The van der Waals surface area contributed by atoms with Crippen molar-refractivity contribution in [3.63, 3.8) is 0 Å². The van der Waals surface area contributed by atoms with Gasteiger partial charge in [0.2, 0.25) is 0 Å². The molecule has 0 fully saturated rings. The van der Waals surface area contributed by atoms with E-state index in [1.807, 2.05) is 60.7 Å². The minimum atomic E-state index is -0.525. The third-order valence-electron chi connectivity index (χ3n) is 7.07. The van der Waals surface area contributed by atoms with E-state index in [4.69, 9.17) is 37.4 Å². The summed E-state index contributed by atoms with van der Waals surface area (Å²) in [4.78, 5) is 34.9. The van der Waals surface area contributed by atoms with E-state index in [0.29, 0.717) is 55.2 Å². The van der Waals surface area contributed by atoms with Gasteiger partial charge in [0.15, 0.2) is 11.4 Å². The highest BCUT2D eigenvalue weighted by Crippen LogP contribution is 2.43. The molecule has 4 aromatic carbocycles. The van der Waals surface area contributed by atoms with Gasteiger partial charge in [-0.15, -0.1) is 0 Å². The molecule has 0 saturated carbocycles. The van der Waals surface area contributed by atoms with Gasteiger partial charge < -0.3 is 14.2 Å². The maximum atomic E-state index is 12.9. The normalized spacial score (nSPS) is 14.9. The van der Waals surface area contributed by atoms with Crippen molar-refractivity contribution in [1.29, 1.82) is 0 Å². The predicted molar refractivity (Wildman–Crippen MR) is 179 cm³/mol. The van der Waals surface area contributed by atoms with E-state index in [1.165, 1.54) is 0 Å². The van der Waals surface area contributed by atoms with Crippen molar-refractivity contribution in [1.82, 2.24) is 0 Å². The molecular weight excluding hydrogens is 611 g/mol. The number of fused-ring (bicyclic) bond motifs is 2. The molecule has 2 aliphatic rings. The Kier molecular flexibility index (Phi) is 8.65. The minimum Gasteiger partial charge on any atom is -0.461 e. The van der Waals surface area contributed by atoms with Crippen molar-refractivity contribution < 1.29 is 23.8 Å². The molecule has 0 spiro atoms. The molecule has 4 aromatic rings. The van der Waals surface area contributed by atoms with Gasteiger partial charge in [-0.25, -0.2) is 19.6 Å². The van der Waals surface area contributed by atoms with Gasteiger partial charge in [0, 0.05) is 32.3 Å². The summed E-state index contributed by atoms with van der Waals surface area (Å²) in [5.41, 5.74) is 5.62. The maximum Gasteiger partial charge on any atom is 0.357 e. The molecule has 224 valence electrons. The zero-order chi connectivity index (χ0) is 31.5. The smallest absolute Gasteiger partial charge is 0.357 e. The van der Waals surface area contributed by atoms with Gasteiger partial charge >= 0.3 is 11.9 Å². The van der Waals surface area contributed by atoms with Crippen LogP contribution in [0, 0.1) is 0 Å². The summed E-state index contributed by atoms with van der Waals surface area (Å²) in [6.45, 7) is 3.93. The van der Waals surface area contributed by atoms with E-state index in [0.717, 1.165) is 11.1 Å². The molecule has 0 atom stereocenters. The molecule has 45 heavy (non-hydrogen) atoms. The van der Waals surface area contributed by atoms with Crippen LogP contribution in [0.4, 0.5) is 11.4 Å². The maximum absolute atomic E-state index is 12.9. The van der Waals surface area contributed by atoms with Crippen LogP contribution in [0.3, 0.4) is 0 Å². The SMILES string of the molecule is CCOC(=O)C1=Nc2ccc(Oc3ccc4c(c3)C(=Cc3ccccc3Cl)C(C(=O)OCC)=N4)cc2C1=Cc1ccccc1Cl. The Morgan fingerprint density at radius 3 is 1.47 bits per heavy atom. The molecule has 0 aliphatic carbocycles. The van der Waals surface area contributed by atoms with Gasteiger partial charge in [0.05, 0.1) is 24.6 Å². The van der Waals surface area contributed by atoms with Gasteiger partial charge in [-0.2, -0.15) is 0 Å². The first kappa shape index (κ1) is 30.1. The minimum absolute atomic E-state index is 0.194. The van der Waals surface area contributed by atoms with Crippen molar-refractivity contribution in [2.45, 2.75) is 13.8 Å². The zero-order valence-electron chi connectivity index (χ0n) is 24.3. The second kappa shape index (κ2) is 12.9. The van der Waals surface area contributed by atoms with Crippen LogP contribution in [-0.4, -0.2) is 36.6 Å². The third kappa shape index (κ3) is 6.18. The molecule has 0 bridgehead atoms. The quantitative estimate of drug-likeness (QED) is 0.180. The highest BCUT2D eigenvalue weighted by Gasteiger charge is 2.30. The molecule has 9 heteroatoms. The van der Waals surface area contributed by atoms with Crippen LogP contribution in [-0.2, 0) is 19.1 Å². The van der Waals surface area contributed by atoms with Gasteiger partial charge in [0.1, 0.15) is 11.5 Å². The fourth-order valence-corrected chi connectivity index (χ4v) is 5.41. The lowest BCUT2D eigenvalue weighted by molar-refractivity contribution is -0.135. The highest BCUT2D eigenvalue weighted by molar-refractivity contribution is 6.59. The number of nitrogens with zero attached hydrogens (tertiary/aromatic N) is 2. The Labute approximate surface area is 270 Å². The number of aliphatic imine (C=N–C) groups is 2. The van der Waals surface area contributed by atoms with Crippen LogP contribution >= 0.6 is 23.2 Å². The monoisotopic (exact) mass is 636 g/mol. The molecule has 2 aliphatic heterocycles. The Balaban J connectivity index is 1.36. The lowest BCUT2D eigenvalue weighted by Crippen LogP contribution is -2.16. The average Bonchev–Trinajstić information content (AvgIpc) is 3.57. The Morgan fingerprint density at radius 2 is 1.07 bits per heavy atom. The van der Waals surface area contributed by atoms with Crippen LogP contribution in [0.25, 0.3) is 23.3 Å². The van der Waals surface area contributed by atoms with Crippen LogP contribution < -0.4 is 4.74 Å². The fraction of sp³-hybridized carbons (Fsp3) is 0.111. The molecule has 0 aromatic heterocycles. The number of carbonyl (C=O) groups excluding carboxylic acids is 2. The molecule has 6 rings (SSSR count).